The van der Waals surface area contributed by atoms with Crippen LogP contribution in [-0.2, 0) is 17.1 Å². The molecule has 2 atom stereocenters. The maximum atomic E-state index is 12.8. The van der Waals surface area contributed by atoms with Crippen molar-refractivity contribution in [1.82, 2.24) is 20.2 Å². The van der Waals surface area contributed by atoms with Gasteiger partial charge in [-0.1, -0.05) is 30.3 Å². The number of carbonyl (C=O) groups excluding carboxylic acids is 1. The molecule has 0 bridgehead atoms. The zero-order valence-electron chi connectivity index (χ0n) is 18.8. The van der Waals surface area contributed by atoms with Gasteiger partial charge in [-0.25, -0.2) is 4.98 Å². The van der Waals surface area contributed by atoms with Crippen LogP contribution in [0.1, 0.15) is 41.6 Å². The highest BCUT2D eigenvalue weighted by Crippen LogP contribution is 2.26. The van der Waals surface area contributed by atoms with E-state index in [1.807, 2.05) is 26.8 Å². The summed E-state index contributed by atoms with van der Waals surface area (Å²) < 4.78 is 0. The van der Waals surface area contributed by atoms with Gasteiger partial charge in [-0.15, -0.1) is 23.1 Å². The van der Waals surface area contributed by atoms with Gasteiger partial charge >= 0.3 is 0 Å². The minimum Gasteiger partial charge on any atom is -0.351 e. The van der Waals surface area contributed by atoms with Crippen LogP contribution in [0.2, 0.25) is 0 Å². The summed E-state index contributed by atoms with van der Waals surface area (Å²) in [5.74, 6) is 1.17. The Bertz CT molecular complexity index is 1140. The van der Waals surface area contributed by atoms with E-state index in [1.54, 1.807) is 11.3 Å². The standard InChI is InChI=1S/C24H30N4O2S2/c1-15-16(2)32-24-21(15)23(30)26-20(27-24)14-31-17(3)22(29)25-19-10-7-11-28(13-19)12-18-8-5-4-6-9-18/h4-6,8-9,17,19H,7,10-14H2,1-3H3,(H,25,29)(H,26,27,30). The highest BCUT2D eigenvalue weighted by Gasteiger charge is 2.24. The molecule has 4 rings (SSSR count). The van der Waals surface area contributed by atoms with Crippen molar-refractivity contribution in [1.29, 1.82) is 0 Å². The van der Waals surface area contributed by atoms with E-state index in [9.17, 15) is 9.59 Å². The van der Waals surface area contributed by atoms with E-state index in [4.69, 9.17) is 0 Å². The van der Waals surface area contributed by atoms with E-state index < -0.39 is 0 Å². The highest BCUT2D eigenvalue weighted by molar-refractivity contribution is 7.99. The number of thioether (sulfide) groups is 1. The van der Waals surface area contributed by atoms with Crippen molar-refractivity contribution in [2.45, 2.75) is 57.2 Å². The molecule has 1 amide bonds. The number of nitrogens with zero attached hydrogens (tertiary/aromatic N) is 2. The normalized spacial score (nSPS) is 18.0. The van der Waals surface area contributed by atoms with Crippen LogP contribution in [0.15, 0.2) is 35.1 Å². The molecular formula is C24H30N4O2S2. The topological polar surface area (TPSA) is 78.1 Å². The second kappa shape index (κ2) is 10.2. The van der Waals surface area contributed by atoms with Gasteiger partial charge in [0.25, 0.3) is 5.56 Å². The first-order valence-corrected chi connectivity index (χ1v) is 12.9. The first kappa shape index (κ1) is 23.0. The summed E-state index contributed by atoms with van der Waals surface area (Å²) in [7, 11) is 0. The minimum absolute atomic E-state index is 0.0489. The predicted octanol–water partition coefficient (Wildman–Crippen LogP) is 4.00. The largest absolute Gasteiger partial charge is 0.351 e. The molecule has 0 saturated carbocycles. The summed E-state index contributed by atoms with van der Waals surface area (Å²) in [6, 6.07) is 10.6. The van der Waals surface area contributed by atoms with Crippen LogP contribution in [0.25, 0.3) is 10.2 Å². The quantitative estimate of drug-likeness (QED) is 0.546. The molecule has 2 unspecified atom stereocenters. The average Bonchev–Trinajstić information content (AvgIpc) is 3.06. The first-order chi connectivity index (χ1) is 15.4. The average molecular weight is 471 g/mol. The van der Waals surface area contributed by atoms with Crippen molar-refractivity contribution >= 4 is 39.2 Å². The number of aryl methyl sites for hydroxylation is 2. The number of benzene rings is 1. The van der Waals surface area contributed by atoms with Gasteiger partial charge in [0.1, 0.15) is 10.7 Å². The van der Waals surface area contributed by atoms with Gasteiger partial charge in [0, 0.05) is 24.0 Å². The number of rotatable bonds is 7. The number of fused-ring (bicyclic) bond motifs is 1. The third kappa shape index (κ3) is 5.42. The van der Waals surface area contributed by atoms with Crippen LogP contribution in [0, 0.1) is 13.8 Å². The number of hydrogen-bond donors (Lipinski definition) is 2. The van der Waals surface area contributed by atoms with E-state index in [2.05, 4.69) is 44.5 Å². The Labute approximate surface area is 196 Å². The Morgan fingerprint density at radius 2 is 2.12 bits per heavy atom. The molecule has 32 heavy (non-hydrogen) atoms. The fraction of sp³-hybridized carbons (Fsp3) is 0.458. The molecule has 8 heteroatoms. The van der Waals surface area contributed by atoms with Crippen LogP contribution in [0.4, 0.5) is 0 Å². The van der Waals surface area contributed by atoms with Gasteiger partial charge in [-0.3, -0.25) is 14.5 Å². The van der Waals surface area contributed by atoms with E-state index >= 15 is 0 Å². The molecule has 1 aliphatic rings. The molecule has 3 aromatic rings. The third-order valence-corrected chi connectivity index (χ3v) is 8.28. The molecule has 1 aliphatic heterocycles. The van der Waals surface area contributed by atoms with E-state index in [1.165, 1.54) is 17.3 Å². The fourth-order valence-corrected chi connectivity index (χ4v) is 5.94. The number of H-pyrrole nitrogens is 1. The van der Waals surface area contributed by atoms with Crippen LogP contribution in [0.3, 0.4) is 0 Å². The maximum absolute atomic E-state index is 12.8. The number of piperidine rings is 1. The second-order valence-electron chi connectivity index (χ2n) is 8.50. The third-order valence-electron chi connectivity index (χ3n) is 6.03. The number of hydrogen-bond acceptors (Lipinski definition) is 6. The molecule has 6 nitrogen and oxygen atoms in total. The Morgan fingerprint density at radius 1 is 1.34 bits per heavy atom. The molecule has 1 saturated heterocycles. The monoisotopic (exact) mass is 470 g/mol. The van der Waals surface area contributed by atoms with Crippen LogP contribution in [0.5, 0.6) is 0 Å². The fourth-order valence-electron chi connectivity index (χ4n) is 4.12. The van der Waals surface area contributed by atoms with Crippen molar-refractivity contribution in [2.75, 3.05) is 13.1 Å². The SMILES string of the molecule is Cc1sc2nc(CSC(C)C(=O)NC3CCCN(Cc4ccccc4)C3)[nH]c(=O)c2c1C. The van der Waals surface area contributed by atoms with E-state index in [-0.39, 0.29) is 22.8 Å². The van der Waals surface area contributed by atoms with Crippen molar-refractivity contribution in [3.05, 3.63) is 62.5 Å². The van der Waals surface area contributed by atoms with Gasteiger partial charge in [0.15, 0.2) is 0 Å². The first-order valence-electron chi connectivity index (χ1n) is 11.1. The lowest BCUT2D eigenvalue weighted by molar-refractivity contribution is -0.121. The van der Waals surface area contributed by atoms with Crippen LogP contribution in [-0.4, -0.2) is 45.2 Å². The smallest absolute Gasteiger partial charge is 0.259 e. The molecule has 1 fully saturated rings. The van der Waals surface area contributed by atoms with Crippen molar-refractivity contribution in [3.8, 4) is 0 Å². The lowest BCUT2D eigenvalue weighted by atomic mass is 10.0. The molecular weight excluding hydrogens is 440 g/mol. The number of nitrogens with one attached hydrogen (secondary N) is 2. The number of amides is 1. The van der Waals surface area contributed by atoms with Gasteiger partial charge in [-0.2, -0.15) is 0 Å². The van der Waals surface area contributed by atoms with Gasteiger partial charge in [0.2, 0.25) is 5.91 Å². The number of aromatic nitrogens is 2. The number of thiophene rings is 1. The number of carbonyl (C=O) groups is 1. The molecule has 170 valence electrons. The molecule has 1 aromatic carbocycles. The molecule has 2 aromatic heterocycles. The van der Waals surface area contributed by atoms with Crippen LogP contribution >= 0.6 is 23.1 Å². The van der Waals surface area contributed by atoms with Gasteiger partial charge in [-0.05, 0) is 51.3 Å². The summed E-state index contributed by atoms with van der Waals surface area (Å²) in [6.45, 7) is 8.74. The Balaban J connectivity index is 1.30. The van der Waals surface area contributed by atoms with E-state index in [0.717, 1.165) is 47.7 Å². The zero-order chi connectivity index (χ0) is 22.7. The summed E-state index contributed by atoms with van der Waals surface area (Å²) in [4.78, 5) is 37.1. The van der Waals surface area contributed by atoms with Gasteiger partial charge in [0.05, 0.1) is 16.4 Å². The highest BCUT2D eigenvalue weighted by atomic mass is 32.2. The molecule has 3 heterocycles. The van der Waals surface area contributed by atoms with Gasteiger partial charge < -0.3 is 10.3 Å². The second-order valence-corrected chi connectivity index (χ2v) is 11.0. The number of aromatic amines is 1. The summed E-state index contributed by atoms with van der Waals surface area (Å²) >= 11 is 3.05. The molecule has 0 aliphatic carbocycles. The summed E-state index contributed by atoms with van der Waals surface area (Å²) in [5.41, 5.74) is 2.21. The lowest BCUT2D eigenvalue weighted by Crippen LogP contribution is -2.49. The molecule has 0 spiro atoms. The lowest BCUT2D eigenvalue weighted by Gasteiger charge is -2.33. The molecule has 2 N–H and O–H groups in total. The minimum atomic E-state index is -0.215. The Kier molecular flexibility index (Phi) is 7.33. The van der Waals surface area contributed by atoms with Crippen molar-refractivity contribution in [2.24, 2.45) is 0 Å². The number of likely N-dealkylation sites (tertiary alicyclic amines) is 1. The summed E-state index contributed by atoms with van der Waals surface area (Å²) in [6.07, 6.45) is 2.10. The van der Waals surface area contributed by atoms with E-state index in [0.29, 0.717) is 17.0 Å². The zero-order valence-corrected chi connectivity index (χ0v) is 20.4. The Hall–Kier alpha value is -2.16. The molecule has 0 radical (unpaired) electrons. The maximum Gasteiger partial charge on any atom is 0.259 e. The Morgan fingerprint density at radius 3 is 2.91 bits per heavy atom. The summed E-state index contributed by atoms with van der Waals surface area (Å²) in [5, 5.41) is 3.70. The predicted molar refractivity (Wildman–Crippen MR) is 133 cm³/mol. The van der Waals surface area contributed by atoms with Crippen molar-refractivity contribution in [3.63, 3.8) is 0 Å². The van der Waals surface area contributed by atoms with Crippen molar-refractivity contribution < 1.29 is 4.79 Å². The van der Waals surface area contributed by atoms with Crippen LogP contribution < -0.4 is 10.9 Å².